The lowest BCUT2D eigenvalue weighted by Gasteiger charge is -2.06. The molecule has 0 spiro atoms. The van der Waals surface area contributed by atoms with Crippen molar-refractivity contribution in [2.75, 3.05) is 5.73 Å². The quantitative estimate of drug-likeness (QED) is 0.749. The van der Waals surface area contributed by atoms with E-state index in [1.54, 1.807) is 10.7 Å². The topological polar surface area (TPSA) is 60.9 Å². The Balaban J connectivity index is 2.04. The molecule has 0 aliphatic rings. The number of anilines is 1. The van der Waals surface area contributed by atoms with Crippen LogP contribution in [0.3, 0.4) is 0 Å². The first-order chi connectivity index (χ1) is 10.2. The minimum atomic E-state index is -0.104. The van der Waals surface area contributed by atoms with Crippen molar-refractivity contribution >= 4 is 11.6 Å². The molecule has 2 N–H and O–H groups in total. The Bertz CT molecular complexity index is 791. The summed E-state index contributed by atoms with van der Waals surface area (Å²) in [6, 6.07) is 17.0. The molecule has 0 aliphatic carbocycles. The van der Waals surface area contributed by atoms with Gasteiger partial charge in [0.05, 0.1) is 17.4 Å². The zero-order valence-corrected chi connectivity index (χ0v) is 11.7. The summed E-state index contributed by atoms with van der Waals surface area (Å²) in [5.74, 6) is 0.252. The summed E-state index contributed by atoms with van der Waals surface area (Å²) in [5, 5.41) is 4.23. The molecule has 21 heavy (non-hydrogen) atoms. The minimum absolute atomic E-state index is 0.104. The molecule has 0 amide bonds. The van der Waals surface area contributed by atoms with E-state index in [4.69, 9.17) is 5.73 Å². The molecule has 0 radical (unpaired) electrons. The predicted molar refractivity (Wildman–Crippen MR) is 82.6 cm³/mol. The molecule has 4 nitrogen and oxygen atoms in total. The zero-order chi connectivity index (χ0) is 14.8. The monoisotopic (exact) mass is 277 g/mol. The molecular formula is C17H15N3O. The average molecular weight is 277 g/mol. The lowest BCUT2D eigenvalue weighted by atomic mass is 10.0. The second kappa shape index (κ2) is 5.25. The number of carbonyl (C=O) groups excluding carboxylic acids is 1. The number of para-hydroxylation sites is 1. The average Bonchev–Trinajstić information content (AvgIpc) is 2.90. The number of nitrogen functional groups attached to an aromatic ring is 1. The number of hydrogen-bond donors (Lipinski definition) is 1. The summed E-state index contributed by atoms with van der Waals surface area (Å²) in [6.45, 7) is 1.91. The van der Waals surface area contributed by atoms with Gasteiger partial charge in [-0.15, -0.1) is 0 Å². The SMILES string of the molecule is Cc1ccccc1C(=O)c1cnn(-c2ccccc2)c1N. The van der Waals surface area contributed by atoms with Crippen LogP contribution in [0.5, 0.6) is 0 Å². The second-order valence-corrected chi connectivity index (χ2v) is 4.83. The first kappa shape index (κ1) is 13.1. The van der Waals surface area contributed by atoms with E-state index in [1.165, 1.54) is 6.20 Å². The Hall–Kier alpha value is -2.88. The van der Waals surface area contributed by atoms with Crippen LogP contribution in [0.1, 0.15) is 21.5 Å². The van der Waals surface area contributed by atoms with E-state index in [-0.39, 0.29) is 5.78 Å². The molecule has 1 aromatic heterocycles. The molecule has 3 aromatic rings. The van der Waals surface area contributed by atoms with Crippen molar-refractivity contribution in [1.29, 1.82) is 0 Å². The summed E-state index contributed by atoms with van der Waals surface area (Å²) < 4.78 is 1.57. The standard InChI is InChI=1S/C17H15N3O/c1-12-7-5-6-10-14(12)16(21)15-11-19-20(17(15)18)13-8-3-2-4-9-13/h2-11H,18H2,1H3. The van der Waals surface area contributed by atoms with Crippen molar-refractivity contribution in [3.05, 3.63) is 77.5 Å². The van der Waals surface area contributed by atoms with Gasteiger partial charge in [-0.3, -0.25) is 4.79 Å². The van der Waals surface area contributed by atoms with Crippen LogP contribution in [0.4, 0.5) is 5.82 Å². The molecule has 3 rings (SSSR count). The van der Waals surface area contributed by atoms with E-state index in [9.17, 15) is 4.79 Å². The fourth-order valence-corrected chi connectivity index (χ4v) is 2.28. The number of benzene rings is 2. The molecule has 0 saturated carbocycles. The maximum Gasteiger partial charge on any atom is 0.198 e. The Labute approximate surface area is 122 Å². The van der Waals surface area contributed by atoms with Crippen molar-refractivity contribution in [2.45, 2.75) is 6.92 Å². The van der Waals surface area contributed by atoms with Gasteiger partial charge in [0.15, 0.2) is 5.78 Å². The molecule has 0 saturated heterocycles. The van der Waals surface area contributed by atoms with Gasteiger partial charge in [-0.05, 0) is 24.6 Å². The van der Waals surface area contributed by atoms with E-state index >= 15 is 0 Å². The third-order valence-electron chi connectivity index (χ3n) is 3.44. The summed E-state index contributed by atoms with van der Waals surface area (Å²) in [6.07, 6.45) is 1.52. The van der Waals surface area contributed by atoms with Crippen LogP contribution >= 0.6 is 0 Å². The molecule has 2 aromatic carbocycles. The highest BCUT2D eigenvalue weighted by molar-refractivity contribution is 6.12. The first-order valence-corrected chi connectivity index (χ1v) is 6.67. The molecule has 1 heterocycles. The van der Waals surface area contributed by atoms with Crippen LogP contribution in [-0.4, -0.2) is 15.6 Å². The number of aromatic nitrogens is 2. The van der Waals surface area contributed by atoms with Crippen molar-refractivity contribution in [3.8, 4) is 5.69 Å². The molecular weight excluding hydrogens is 262 g/mol. The van der Waals surface area contributed by atoms with Crippen LogP contribution in [0, 0.1) is 6.92 Å². The smallest absolute Gasteiger partial charge is 0.198 e. The van der Waals surface area contributed by atoms with Gasteiger partial charge in [-0.2, -0.15) is 5.10 Å². The van der Waals surface area contributed by atoms with Crippen LogP contribution in [0.15, 0.2) is 60.8 Å². The molecule has 4 heteroatoms. The van der Waals surface area contributed by atoms with E-state index in [1.807, 2.05) is 55.5 Å². The van der Waals surface area contributed by atoms with Crippen LogP contribution in [-0.2, 0) is 0 Å². The van der Waals surface area contributed by atoms with Crippen molar-refractivity contribution < 1.29 is 4.79 Å². The number of nitrogens with two attached hydrogens (primary N) is 1. The van der Waals surface area contributed by atoms with Gasteiger partial charge in [-0.25, -0.2) is 4.68 Å². The van der Waals surface area contributed by atoms with Crippen molar-refractivity contribution in [1.82, 2.24) is 9.78 Å². The molecule has 0 atom stereocenters. The number of rotatable bonds is 3. The Morgan fingerprint density at radius 1 is 1.00 bits per heavy atom. The van der Waals surface area contributed by atoms with E-state index in [2.05, 4.69) is 5.10 Å². The Morgan fingerprint density at radius 3 is 2.38 bits per heavy atom. The van der Waals surface area contributed by atoms with Crippen molar-refractivity contribution in [2.24, 2.45) is 0 Å². The molecule has 0 aliphatic heterocycles. The summed E-state index contributed by atoms with van der Waals surface area (Å²) in [5.41, 5.74) is 8.93. The fourth-order valence-electron chi connectivity index (χ4n) is 2.28. The van der Waals surface area contributed by atoms with Gasteiger partial charge in [0.25, 0.3) is 0 Å². The molecule has 0 fully saturated rings. The maximum atomic E-state index is 12.6. The van der Waals surface area contributed by atoms with Gasteiger partial charge in [0.2, 0.25) is 0 Å². The molecule has 104 valence electrons. The summed E-state index contributed by atoms with van der Waals surface area (Å²) in [4.78, 5) is 12.6. The number of hydrogen-bond acceptors (Lipinski definition) is 3. The number of aryl methyl sites for hydroxylation is 1. The number of ketones is 1. The lowest BCUT2D eigenvalue weighted by molar-refractivity contribution is 0.103. The van der Waals surface area contributed by atoms with Crippen LogP contribution in [0.2, 0.25) is 0 Å². The number of carbonyl (C=O) groups is 1. The van der Waals surface area contributed by atoms with E-state index in [0.717, 1.165) is 11.3 Å². The lowest BCUT2D eigenvalue weighted by Crippen LogP contribution is -2.08. The third kappa shape index (κ3) is 2.31. The normalized spacial score (nSPS) is 10.5. The zero-order valence-electron chi connectivity index (χ0n) is 11.7. The predicted octanol–water partition coefficient (Wildman–Crippen LogP) is 2.99. The third-order valence-corrected chi connectivity index (χ3v) is 3.44. The Kier molecular flexibility index (Phi) is 3.28. The van der Waals surface area contributed by atoms with Gasteiger partial charge in [0.1, 0.15) is 5.82 Å². The highest BCUT2D eigenvalue weighted by atomic mass is 16.1. The maximum absolute atomic E-state index is 12.6. The van der Waals surface area contributed by atoms with Gasteiger partial charge >= 0.3 is 0 Å². The largest absolute Gasteiger partial charge is 0.383 e. The van der Waals surface area contributed by atoms with Crippen molar-refractivity contribution in [3.63, 3.8) is 0 Å². The van der Waals surface area contributed by atoms with Gasteiger partial charge in [0, 0.05) is 5.56 Å². The first-order valence-electron chi connectivity index (χ1n) is 6.67. The number of nitrogens with zero attached hydrogens (tertiary/aromatic N) is 2. The van der Waals surface area contributed by atoms with E-state index < -0.39 is 0 Å². The fraction of sp³-hybridized carbons (Fsp3) is 0.0588. The highest BCUT2D eigenvalue weighted by Gasteiger charge is 2.18. The Morgan fingerprint density at radius 2 is 1.67 bits per heavy atom. The van der Waals surface area contributed by atoms with Gasteiger partial charge in [-0.1, -0.05) is 42.5 Å². The van der Waals surface area contributed by atoms with Crippen LogP contribution in [0.25, 0.3) is 5.69 Å². The second-order valence-electron chi connectivity index (χ2n) is 4.83. The van der Waals surface area contributed by atoms with E-state index in [0.29, 0.717) is 16.9 Å². The van der Waals surface area contributed by atoms with Gasteiger partial charge < -0.3 is 5.73 Å². The van der Waals surface area contributed by atoms with Crippen LogP contribution < -0.4 is 5.73 Å². The highest BCUT2D eigenvalue weighted by Crippen LogP contribution is 2.21. The minimum Gasteiger partial charge on any atom is -0.383 e. The molecule has 0 unspecified atom stereocenters. The molecule has 0 bridgehead atoms. The summed E-state index contributed by atoms with van der Waals surface area (Å²) >= 11 is 0. The summed E-state index contributed by atoms with van der Waals surface area (Å²) in [7, 11) is 0.